The molecule has 1 aromatic rings. The van der Waals surface area contributed by atoms with Gasteiger partial charge in [0.25, 0.3) is 0 Å². The molecule has 1 aliphatic carbocycles. The lowest BCUT2D eigenvalue weighted by molar-refractivity contribution is -0.150. The second-order valence-electron chi connectivity index (χ2n) is 6.66. The summed E-state index contributed by atoms with van der Waals surface area (Å²) in [4.78, 5) is 15.7. The summed E-state index contributed by atoms with van der Waals surface area (Å²) in [7, 11) is 3.20. The van der Waals surface area contributed by atoms with E-state index in [4.69, 9.17) is 0 Å². The highest BCUT2D eigenvalue weighted by Crippen LogP contribution is 2.35. The van der Waals surface area contributed by atoms with Crippen molar-refractivity contribution in [3.05, 3.63) is 23.5 Å². The van der Waals surface area contributed by atoms with Crippen LogP contribution in [-0.2, 0) is 12.4 Å². The molecule has 0 aromatic carbocycles. The number of aromatic nitrogens is 1. The van der Waals surface area contributed by atoms with Gasteiger partial charge >= 0.3 is 18.4 Å². The van der Waals surface area contributed by atoms with Crippen LogP contribution in [0, 0.1) is 0 Å². The Kier molecular flexibility index (Phi) is 6.10. The third-order valence-corrected chi connectivity index (χ3v) is 4.24. The lowest BCUT2D eigenvalue weighted by Crippen LogP contribution is -2.44. The highest BCUT2D eigenvalue weighted by molar-refractivity contribution is 5.73. The topological polar surface area (TPSA) is 57.3 Å². The van der Waals surface area contributed by atoms with Crippen LogP contribution in [-0.4, -0.2) is 42.1 Å². The zero-order valence-corrected chi connectivity index (χ0v) is 14.7. The highest BCUT2D eigenvalue weighted by Gasteiger charge is 2.39. The van der Waals surface area contributed by atoms with Gasteiger partial charge in [-0.05, 0) is 37.8 Å². The van der Waals surface area contributed by atoms with Crippen molar-refractivity contribution in [1.82, 2.24) is 15.2 Å². The fraction of sp³-hybridized carbons (Fsp3) is 0.625. The van der Waals surface area contributed by atoms with Crippen LogP contribution in [0.1, 0.15) is 37.1 Å². The summed E-state index contributed by atoms with van der Waals surface area (Å²) in [5, 5.41) is 5.55. The predicted molar refractivity (Wildman–Crippen MR) is 86.1 cm³/mol. The largest absolute Gasteiger partial charge is 0.433 e. The summed E-state index contributed by atoms with van der Waals surface area (Å²) >= 11 is 0. The van der Waals surface area contributed by atoms with Gasteiger partial charge in [-0.2, -0.15) is 26.3 Å². The van der Waals surface area contributed by atoms with Crippen molar-refractivity contribution in [2.24, 2.45) is 0 Å². The van der Waals surface area contributed by atoms with Crippen LogP contribution in [0.15, 0.2) is 12.1 Å². The second-order valence-corrected chi connectivity index (χ2v) is 6.66. The number of anilines is 1. The molecule has 2 amide bonds. The monoisotopic (exact) mass is 398 g/mol. The van der Waals surface area contributed by atoms with Gasteiger partial charge in [0.2, 0.25) is 0 Å². The number of nitrogens with zero attached hydrogens (tertiary/aromatic N) is 2. The molecule has 1 fully saturated rings. The van der Waals surface area contributed by atoms with Gasteiger partial charge in [0.05, 0.1) is 0 Å². The first kappa shape index (κ1) is 21.1. The van der Waals surface area contributed by atoms with Crippen LogP contribution in [0.5, 0.6) is 0 Å². The number of urea groups is 1. The van der Waals surface area contributed by atoms with Crippen molar-refractivity contribution >= 4 is 11.7 Å². The van der Waals surface area contributed by atoms with Gasteiger partial charge in [-0.25, -0.2) is 9.78 Å². The van der Waals surface area contributed by atoms with E-state index in [2.05, 4.69) is 15.6 Å². The van der Waals surface area contributed by atoms with Crippen molar-refractivity contribution in [3.63, 3.8) is 0 Å². The molecule has 0 saturated heterocycles. The van der Waals surface area contributed by atoms with Gasteiger partial charge < -0.3 is 15.5 Å². The van der Waals surface area contributed by atoms with E-state index in [9.17, 15) is 31.1 Å². The molecule has 2 N–H and O–H groups in total. The van der Waals surface area contributed by atoms with Crippen molar-refractivity contribution in [2.75, 3.05) is 19.4 Å². The summed E-state index contributed by atoms with van der Waals surface area (Å²) in [6.45, 7) is 0. The zero-order valence-electron chi connectivity index (χ0n) is 14.7. The molecule has 0 atom stereocenters. The Bertz CT molecular complexity index is 634. The molecule has 152 valence electrons. The molecular formula is C16H20F6N4O. The van der Waals surface area contributed by atoms with E-state index >= 15 is 0 Å². The molecule has 0 aliphatic heterocycles. The molecule has 5 nitrogen and oxygen atoms in total. The number of carbonyl (C=O) groups excluding carboxylic acids is 1. The highest BCUT2D eigenvalue weighted by atomic mass is 19.4. The van der Waals surface area contributed by atoms with Crippen LogP contribution in [0.3, 0.4) is 0 Å². The fourth-order valence-electron chi connectivity index (χ4n) is 2.83. The molecule has 1 saturated carbocycles. The first-order valence-corrected chi connectivity index (χ1v) is 8.27. The molecule has 1 heterocycles. The minimum Gasteiger partial charge on any atom is -0.382 e. The van der Waals surface area contributed by atoms with E-state index in [0.717, 1.165) is 0 Å². The van der Waals surface area contributed by atoms with Crippen LogP contribution in [0.25, 0.3) is 0 Å². The predicted octanol–water partition coefficient (Wildman–Crippen LogP) is 4.11. The van der Waals surface area contributed by atoms with Gasteiger partial charge in [0.1, 0.15) is 11.4 Å². The molecule has 27 heavy (non-hydrogen) atoms. The lowest BCUT2D eigenvalue weighted by Gasteiger charge is -2.31. The van der Waals surface area contributed by atoms with Gasteiger partial charge in [0, 0.05) is 31.9 Å². The molecule has 1 aromatic heterocycles. The number of rotatable bonds is 3. The molecule has 0 bridgehead atoms. The van der Waals surface area contributed by atoms with Crippen LogP contribution in [0.4, 0.5) is 36.8 Å². The fourth-order valence-corrected chi connectivity index (χ4v) is 2.83. The van der Waals surface area contributed by atoms with Gasteiger partial charge in [-0.15, -0.1) is 0 Å². The van der Waals surface area contributed by atoms with Crippen molar-refractivity contribution in [3.8, 4) is 0 Å². The van der Waals surface area contributed by atoms with E-state index in [1.165, 1.54) is 4.90 Å². The van der Waals surface area contributed by atoms with E-state index < -0.39 is 23.7 Å². The van der Waals surface area contributed by atoms with Gasteiger partial charge in [-0.1, -0.05) is 0 Å². The third kappa shape index (κ3) is 5.90. The molecule has 0 unspecified atom stereocenters. The molecule has 0 radical (unpaired) electrons. The minimum absolute atomic E-state index is 0.0770. The maximum Gasteiger partial charge on any atom is 0.433 e. The quantitative estimate of drug-likeness (QED) is 0.754. The zero-order chi connectivity index (χ0) is 20.4. The van der Waals surface area contributed by atoms with Crippen LogP contribution in [0.2, 0.25) is 0 Å². The van der Waals surface area contributed by atoms with Crippen molar-refractivity contribution < 1.29 is 31.1 Å². The van der Waals surface area contributed by atoms with E-state index in [0.29, 0.717) is 37.8 Å². The summed E-state index contributed by atoms with van der Waals surface area (Å²) in [5.74, 6) is 0. The normalized spacial score (nSPS) is 20.9. The smallest absolute Gasteiger partial charge is 0.382 e. The minimum atomic E-state index is -4.98. The Hall–Kier alpha value is -2.20. The first-order chi connectivity index (χ1) is 12.4. The van der Waals surface area contributed by atoms with Crippen molar-refractivity contribution in [1.29, 1.82) is 0 Å². The number of nitrogens with one attached hydrogen (secondary N) is 2. The Morgan fingerprint density at radius 1 is 0.963 bits per heavy atom. The summed E-state index contributed by atoms with van der Waals surface area (Å²) in [6.07, 6.45) is -7.81. The number of pyridine rings is 1. The number of halogens is 6. The van der Waals surface area contributed by atoms with Crippen LogP contribution >= 0.6 is 0 Å². The average molecular weight is 398 g/mol. The Labute approximate surface area is 152 Å². The molecule has 1 aliphatic rings. The van der Waals surface area contributed by atoms with E-state index in [1.54, 1.807) is 14.1 Å². The number of alkyl halides is 6. The average Bonchev–Trinajstić information content (AvgIpc) is 2.54. The Balaban J connectivity index is 2.06. The van der Waals surface area contributed by atoms with E-state index in [1.807, 2.05) is 0 Å². The van der Waals surface area contributed by atoms with Crippen molar-refractivity contribution in [2.45, 2.75) is 50.1 Å². The maximum atomic E-state index is 12.9. The maximum absolute atomic E-state index is 12.9. The molecular weight excluding hydrogens is 378 g/mol. The standard InChI is InChI=1S/C16H20F6N4O/c1-26(2)14(27)24-10-5-3-9(4-6-10)23-11-7-12(15(17,18)19)25-13(8-11)16(20,21)22/h7-10H,3-6H2,1-2H3,(H,23,25)(H,24,27)/t9-,10+. The number of hydrogen-bond acceptors (Lipinski definition) is 3. The Morgan fingerprint density at radius 2 is 1.41 bits per heavy atom. The van der Waals surface area contributed by atoms with E-state index in [-0.39, 0.29) is 23.8 Å². The van der Waals surface area contributed by atoms with Crippen LogP contribution < -0.4 is 10.6 Å². The Morgan fingerprint density at radius 3 is 1.81 bits per heavy atom. The summed E-state index contributed by atoms with van der Waals surface area (Å²) in [5.41, 5.74) is -3.45. The molecule has 11 heteroatoms. The SMILES string of the molecule is CN(C)C(=O)N[C@H]1CC[C@@H](Nc2cc(C(F)(F)F)nc(C(F)(F)F)c2)CC1. The number of amides is 2. The second kappa shape index (κ2) is 7.81. The van der Waals surface area contributed by atoms with Gasteiger partial charge in [0.15, 0.2) is 0 Å². The number of carbonyl (C=O) groups is 1. The molecule has 0 spiro atoms. The summed E-state index contributed by atoms with van der Waals surface area (Å²) in [6, 6.07) is 0.545. The third-order valence-electron chi connectivity index (χ3n) is 4.24. The lowest BCUT2D eigenvalue weighted by atomic mass is 9.91. The molecule has 2 rings (SSSR count). The van der Waals surface area contributed by atoms with Gasteiger partial charge in [-0.3, -0.25) is 0 Å². The number of hydrogen-bond donors (Lipinski definition) is 2. The summed E-state index contributed by atoms with van der Waals surface area (Å²) < 4.78 is 77.1. The first-order valence-electron chi connectivity index (χ1n) is 8.27.